The molecule has 0 aromatic rings. The normalized spacial score (nSPS) is 29.2. The number of ether oxygens (including phenoxy) is 1. The molecule has 1 aliphatic rings. The molecular formula is C14H24O2. The van der Waals surface area contributed by atoms with Crippen molar-refractivity contribution in [2.24, 2.45) is 17.3 Å². The minimum atomic E-state index is -0.212. The summed E-state index contributed by atoms with van der Waals surface area (Å²) in [4.78, 5) is 11.3. The highest BCUT2D eigenvalue weighted by Crippen LogP contribution is 2.44. The molecule has 0 N–H and O–H groups in total. The fourth-order valence-electron chi connectivity index (χ4n) is 2.82. The third-order valence-electron chi connectivity index (χ3n) is 3.72. The van der Waals surface area contributed by atoms with Crippen LogP contribution in [0.25, 0.3) is 0 Å². The van der Waals surface area contributed by atoms with Gasteiger partial charge in [-0.1, -0.05) is 39.7 Å². The number of rotatable bonds is 3. The SMILES string of the molecule is CCOC(=O)C=C[C@H]1[C@H](C)CCCC1(C)C. The molecule has 0 bridgehead atoms. The van der Waals surface area contributed by atoms with Gasteiger partial charge < -0.3 is 4.74 Å². The number of hydrogen-bond acceptors (Lipinski definition) is 2. The zero-order chi connectivity index (χ0) is 12.2. The number of esters is 1. The Balaban J connectivity index is 2.65. The first kappa shape index (κ1) is 13.3. The van der Waals surface area contributed by atoms with Gasteiger partial charge in [0, 0.05) is 6.08 Å². The molecule has 2 heteroatoms. The lowest BCUT2D eigenvalue weighted by Gasteiger charge is -2.41. The fraction of sp³-hybridized carbons (Fsp3) is 0.786. The maximum absolute atomic E-state index is 11.3. The average Bonchev–Trinajstić information content (AvgIpc) is 2.16. The first-order valence-electron chi connectivity index (χ1n) is 6.32. The highest BCUT2D eigenvalue weighted by atomic mass is 16.5. The van der Waals surface area contributed by atoms with Crippen LogP contribution in [0.1, 0.15) is 47.0 Å². The fourth-order valence-corrected chi connectivity index (χ4v) is 2.82. The van der Waals surface area contributed by atoms with Crippen LogP contribution in [0.4, 0.5) is 0 Å². The van der Waals surface area contributed by atoms with E-state index in [1.807, 2.05) is 6.92 Å². The van der Waals surface area contributed by atoms with Crippen molar-refractivity contribution in [2.75, 3.05) is 6.61 Å². The standard InChI is InChI=1S/C14H24O2/c1-5-16-13(15)9-8-12-11(2)7-6-10-14(12,3)4/h8-9,11-12H,5-7,10H2,1-4H3/t11-,12+/m1/s1. The third-order valence-corrected chi connectivity index (χ3v) is 3.72. The van der Waals surface area contributed by atoms with Gasteiger partial charge in [-0.05, 0) is 30.6 Å². The van der Waals surface area contributed by atoms with Crippen LogP contribution in [0, 0.1) is 17.3 Å². The van der Waals surface area contributed by atoms with Crippen LogP contribution in [0.15, 0.2) is 12.2 Å². The molecule has 0 unspecified atom stereocenters. The van der Waals surface area contributed by atoms with Crippen LogP contribution >= 0.6 is 0 Å². The van der Waals surface area contributed by atoms with Gasteiger partial charge in [0.15, 0.2) is 0 Å². The average molecular weight is 224 g/mol. The van der Waals surface area contributed by atoms with Crippen LogP contribution in [0.3, 0.4) is 0 Å². The molecule has 1 saturated carbocycles. The summed E-state index contributed by atoms with van der Waals surface area (Å²) in [5.41, 5.74) is 0.306. The lowest BCUT2D eigenvalue weighted by Crippen LogP contribution is -2.32. The van der Waals surface area contributed by atoms with Gasteiger partial charge in [-0.3, -0.25) is 0 Å². The molecule has 1 aliphatic carbocycles. The summed E-state index contributed by atoms with van der Waals surface area (Å²) in [7, 11) is 0. The molecule has 0 aromatic heterocycles. The Morgan fingerprint density at radius 2 is 2.19 bits per heavy atom. The van der Waals surface area contributed by atoms with Gasteiger partial charge in [0.25, 0.3) is 0 Å². The van der Waals surface area contributed by atoms with E-state index < -0.39 is 0 Å². The summed E-state index contributed by atoms with van der Waals surface area (Å²) < 4.78 is 4.91. The highest BCUT2D eigenvalue weighted by molar-refractivity contribution is 5.81. The summed E-state index contributed by atoms with van der Waals surface area (Å²) in [5.74, 6) is 0.941. The Morgan fingerprint density at radius 3 is 2.75 bits per heavy atom. The Kier molecular flexibility index (Phi) is 4.57. The predicted octanol–water partition coefficient (Wildman–Crippen LogP) is 3.57. The maximum atomic E-state index is 11.3. The van der Waals surface area contributed by atoms with E-state index in [-0.39, 0.29) is 5.97 Å². The second kappa shape index (κ2) is 5.51. The summed E-state index contributed by atoms with van der Waals surface area (Å²) >= 11 is 0. The van der Waals surface area contributed by atoms with Gasteiger partial charge in [-0.25, -0.2) is 4.79 Å². The first-order chi connectivity index (χ1) is 7.47. The largest absolute Gasteiger partial charge is 0.463 e. The van der Waals surface area contributed by atoms with Gasteiger partial charge in [0.05, 0.1) is 6.61 Å². The predicted molar refractivity (Wildman–Crippen MR) is 66.1 cm³/mol. The summed E-state index contributed by atoms with van der Waals surface area (Å²) in [6.07, 6.45) is 7.48. The minimum Gasteiger partial charge on any atom is -0.463 e. The highest BCUT2D eigenvalue weighted by Gasteiger charge is 2.34. The van der Waals surface area contributed by atoms with Crippen molar-refractivity contribution >= 4 is 5.97 Å². The van der Waals surface area contributed by atoms with Crippen molar-refractivity contribution in [1.82, 2.24) is 0 Å². The quantitative estimate of drug-likeness (QED) is 0.541. The van der Waals surface area contributed by atoms with E-state index in [4.69, 9.17) is 4.74 Å². The van der Waals surface area contributed by atoms with Gasteiger partial charge in [0.1, 0.15) is 0 Å². The molecular weight excluding hydrogens is 200 g/mol. The van der Waals surface area contributed by atoms with E-state index in [0.717, 1.165) is 0 Å². The molecule has 0 saturated heterocycles. The number of allylic oxidation sites excluding steroid dienone is 1. The molecule has 0 heterocycles. The molecule has 0 aliphatic heterocycles. The van der Waals surface area contributed by atoms with Gasteiger partial charge >= 0.3 is 5.97 Å². The minimum absolute atomic E-state index is 0.212. The number of hydrogen-bond donors (Lipinski definition) is 0. The van der Waals surface area contributed by atoms with E-state index in [1.165, 1.54) is 19.3 Å². The van der Waals surface area contributed by atoms with Gasteiger partial charge in [-0.2, -0.15) is 0 Å². The van der Waals surface area contributed by atoms with Crippen molar-refractivity contribution < 1.29 is 9.53 Å². The van der Waals surface area contributed by atoms with Crippen LogP contribution in [0.5, 0.6) is 0 Å². The third kappa shape index (κ3) is 3.36. The zero-order valence-electron chi connectivity index (χ0n) is 11.0. The van der Waals surface area contributed by atoms with Gasteiger partial charge in [-0.15, -0.1) is 0 Å². The molecule has 0 amide bonds. The molecule has 0 radical (unpaired) electrons. The van der Waals surface area contributed by atoms with Crippen molar-refractivity contribution in [3.63, 3.8) is 0 Å². The van der Waals surface area contributed by atoms with Gasteiger partial charge in [0.2, 0.25) is 0 Å². The monoisotopic (exact) mass is 224 g/mol. The van der Waals surface area contributed by atoms with Crippen molar-refractivity contribution in [2.45, 2.75) is 47.0 Å². The molecule has 2 nitrogen and oxygen atoms in total. The van der Waals surface area contributed by atoms with Crippen LogP contribution in [-0.4, -0.2) is 12.6 Å². The lowest BCUT2D eigenvalue weighted by atomic mass is 9.64. The van der Waals surface area contributed by atoms with Crippen molar-refractivity contribution in [1.29, 1.82) is 0 Å². The van der Waals surface area contributed by atoms with Crippen molar-refractivity contribution in [3.05, 3.63) is 12.2 Å². The van der Waals surface area contributed by atoms with E-state index in [1.54, 1.807) is 6.08 Å². The lowest BCUT2D eigenvalue weighted by molar-refractivity contribution is -0.137. The molecule has 92 valence electrons. The molecule has 0 aromatic carbocycles. The second-order valence-electron chi connectivity index (χ2n) is 5.50. The molecule has 1 fully saturated rings. The second-order valence-corrected chi connectivity index (χ2v) is 5.50. The molecule has 1 rings (SSSR count). The smallest absolute Gasteiger partial charge is 0.330 e. The number of carbonyl (C=O) groups excluding carboxylic acids is 1. The Morgan fingerprint density at radius 1 is 1.50 bits per heavy atom. The molecule has 0 spiro atoms. The number of carbonyl (C=O) groups is 1. The van der Waals surface area contributed by atoms with Crippen LogP contribution in [-0.2, 0) is 9.53 Å². The Bertz CT molecular complexity index is 266. The molecule has 2 atom stereocenters. The summed E-state index contributed by atoms with van der Waals surface area (Å²) in [6, 6.07) is 0. The van der Waals surface area contributed by atoms with E-state index >= 15 is 0 Å². The van der Waals surface area contributed by atoms with E-state index in [0.29, 0.717) is 23.9 Å². The van der Waals surface area contributed by atoms with E-state index in [2.05, 4.69) is 26.8 Å². The summed E-state index contributed by atoms with van der Waals surface area (Å²) in [6.45, 7) is 9.15. The van der Waals surface area contributed by atoms with Crippen LogP contribution in [0.2, 0.25) is 0 Å². The maximum Gasteiger partial charge on any atom is 0.330 e. The Labute approximate surface area is 99.1 Å². The topological polar surface area (TPSA) is 26.3 Å². The van der Waals surface area contributed by atoms with Crippen molar-refractivity contribution in [3.8, 4) is 0 Å². The molecule has 16 heavy (non-hydrogen) atoms. The summed E-state index contributed by atoms with van der Waals surface area (Å²) in [5, 5.41) is 0. The first-order valence-corrected chi connectivity index (χ1v) is 6.32. The Hall–Kier alpha value is -0.790. The zero-order valence-corrected chi connectivity index (χ0v) is 11.0. The van der Waals surface area contributed by atoms with Crippen LogP contribution < -0.4 is 0 Å². The van der Waals surface area contributed by atoms with E-state index in [9.17, 15) is 4.79 Å².